The summed E-state index contributed by atoms with van der Waals surface area (Å²) in [5.74, 6) is 0.129. The Morgan fingerprint density at radius 1 is 1.10 bits per heavy atom. The number of halogens is 5. The van der Waals surface area contributed by atoms with Crippen molar-refractivity contribution >= 4 is 63.9 Å². The zero-order valence-electron chi connectivity index (χ0n) is 20.4. The number of thioether (sulfide) groups is 1. The summed E-state index contributed by atoms with van der Waals surface area (Å²) in [6.45, 7) is 0. The maximum atomic E-state index is 14.5. The minimum Gasteiger partial charge on any atom is -0.397 e. The molecule has 39 heavy (non-hydrogen) atoms. The minimum atomic E-state index is -4.59. The maximum Gasteiger partial charge on any atom is 0.416 e. The quantitative estimate of drug-likeness (QED) is 0.138. The van der Waals surface area contributed by atoms with E-state index in [0.29, 0.717) is 34.2 Å². The molecule has 1 heterocycles. The molecule has 0 saturated heterocycles. The van der Waals surface area contributed by atoms with Crippen LogP contribution in [0.15, 0.2) is 53.6 Å². The molecule has 1 aliphatic carbocycles. The number of nitrogens with zero attached hydrogens (tertiary/aromatic N) is 2. The lowest BCUT2D eigenvalue weighted by Crippen LogP contribution is -2.24. The van der Waals surface area contributed by atoms with Crippen LogP contribution in [-0.4, -0.2) is 29.8 Å². The smallest absolute Gasteiger partial charge is 0.397 e. The van der Waals surface area contributed by atoms with Gasteiger partial charge in [-0.25, -0.2) is 14.2 Å². The van der Waals surface area contributed by atoms with Crippen LogP contribution in [0.25, 0.3) is 0 Å². The van der Waals surface area contributed by atoms with E-state index in [9.17, 15) is 27.2 Å². The second-order valence-corrected chi connectivity index (χ2v) is 10.0. The van der Waals surface area contributed by atoms with Gasteiger partial charge in [0.25, 0.3) is 0 Å². The average Bonchev–Trinajstić information content (AvgIpc) is 3.72. The summed E-state index contributed by atoms with van der Waals surface area (Å²) in [5, 5.41) is 7.65. The molecule has 0 unspecified atom stereocenters. The van der Waals surface area contributed by atoms with Crippen molar-refractivity contribution in [3.8, 4) is 0 Å². The normalized spacial score (nSPS) is 13.1. The van der Waals surface area contributed by atoms with Gasteiger partial charge >= 0.3 is 12.2 Å². The summed E-state index contributed by atoms with van der Waals surface area (Å²) in [6.07, 6.45) is -2.79. The highest BCUT2D eigenvalue weighted by Crippen LogP contribution is 2.34. The highest BCUT2D eigenvalue weighted by atomic mass is 35.5. The molecule has 14 heteroatoms. The third-order valence-electron chi connectivity index (χ3n) is 5.75. The first-order valence-electron chi connectivity index (χ1n) is 11.6. The highest BCUT2D eigenvalue weighted by Gasteiger charge is 2.31. The van der Waals surface area contributed by atoms with Gasteiger partial charge in [0, 0.05) is 18.7 Å². The highest BCUT2D eigenvalue weighted by molar-refractivity contribution is 7.99. The van der Waals surface area contributed by atoms with Crippen LogP contribution in [-0.2, 0) is 11.0 Å². The van der Waals surface area contributed by atoms with Gasteiger partial charge in [-0.1, -0.05) is 23.4 Å². The van der Waals surface area contributed by atoms with Crippen molar-refractivity contribution in [2.45, 2.75) is 24.0 Å². The molecular weight excluding hydrogens is 560 g/mol. The van der Waals surface area contributed by atoms with Gasteiger partial charge in [0.1, 0.15) is 16.7 Å². The van der Waals surface area contributed by atoms with Gasteiger partial charge in [0.15, 0.2) is 0 Å². The lowest BCUT2D eigenvalue weighted by molar-refractivity contribution is -0.137. The summed E-state index contributed by atoms with van der Waals surface area (Å²) < 4.78 is 53.0. The molecule has 0 atom stereocenters. The number of hydrogen-bond acceptors (Lipinski definition) is 6. The van der Waals surface area contributed by atoms with Crippen LogP contribution in [0.5, 0.6) is 0 Å². The molecule has 5 N–H and O–H groups in total. The Kier molecular flexibility index (Phi) is 8.40. The van der Waals surface area contributed by atoms with Crippen molar-refractivity contribution in [2.24, 2.45) is 5.92 Å². The molecule has 3 aromatic rings. The van der Waals surface area contributed by atoms with E-state index in [4.69, 9.17) is 17.3 Å². The Labute approximate surface area is 230 Å². The predicted octanol–water partition coefficient (Wildman–Crippen LogP) is 6.46. The van der Waals surface area contributed by atoms with Crippen LogP contribution in [0.3, 0.4) is 0 Å². The summed E-state index contributed by atoms with van der Waals surface area (Å²) in [7, 11) is 1.68. The number of anilines is 5. The second kappa shape index (κ2) is 11.6. The van der Waals surface area contributed by atoms with Crippen LogP contribution in [0.1, 0.15) is 18.4 Å². The Balaban J connectivity index is 1.44. The van der Waals surface area contributed by atoms with Crippen molar-refractivity contribution in [3.63, 3.8) is 0 Å². The number of amides is 3. The lowest BCUT2D eigenvalue weighted by Gasteiger charge is -2.21. The van der Waals surface area contributed by atoms with Crippen LogP contribution in [0, 0.1) is 11.7 Å². The topological polar surface area (TPSA) is 112 Å². The number of hydrogen-bond donors (Lipinski definition) is 4. The number of aromatic nitrogens is 1. The number of nitrogens with two attached hydrogens (primary N) is 1. The summed E-state index contributed by atoms with van der Waals surface area (Å²) >= 11 is 7.15. The first kappa shape index (κ1) is 28.3. The Hall–Kier alpha value is -3.71. The SMILES string of the molecule is CN(c1ccc(F)c(NC(=O)Nc2ccc(C(F)(F)F)cc2Cl)c1)c1ccc(N)c(SCNC(=O)C2CC2)n1. The van der Waals surface area contributed by atoms with Crippen molar-refractivity contribution in [1.29, 1.82) is 0 Å². The number of alkyl halides is 3. The van der Waals surface area contributed by atoms with Gasteiger partial charge in [-0.3, -0.25) is 4.79 Å². The zero-order valence-corrected chi connectivity index (χ0v) is 22.0. The number of nitrogen functional groups attached to an aromatic ring is 1. The van der Waals surface area contributed by atoms with E-state index < -0.39 is 23.6 Å². The fourth-order valence-electron chi connectivity index (χ4n) is 3.43. The largest absolute Gasteiger partial charge is 0.416 e. The molecule has 1 saturated carbocycles. The van der Waals surface area contributed by atoms with E-state index in [-0.39, 0.29) is 28.2 Å². The Morgan fingerprint density at radius 3 is 2.49 bits per heavy atom. The maximum absolute atomic E-state index is 14.5. The third kappa shape index (κ3) is 7.24. The van der Waals surface area contributed by atoms with Gasteiger partial charge in [-0.2, -0.15) is 13.2 Å². The van der Waals surface area contributed by atoms with Crippen molar-refractivity contribution in [1.82, 2.24) is 10.3 Å². The standard InChI is InChI=1S/C25H23ClF4N6O2S/c1-36(21-9-7-18(31)23(35-21)39-12-32-22(37)13-2-3-13)15-5-6-17(27)20(11-15)34-24(38)33-19-8-4-14(10-16(19)26)25(28,29)30/h4-11,13H,2-3,12,31H2,1H3,(H,32,37)(H2,33,34,38). The summed E-state index contributed by atoms with van der Waals surface area (Å²) in [6, 6.07) is 8.86. The molecule has 1 fully saturated rings. The fraction of sp³-hybridized carbons (Fsp3) is 0.240. The minimum absolute atomic E-state index is 0.00492. The molecule has 0 bridgehead atoms. The Bertz CT molecular complexity index is 1400. The van der Waals surface area contributed by atoms with E-state index in [1.165, 1.54) is 23.9 Å². The number of urea groups is 1. The van der Waals surface area contributed by atoms with Gasteiger partial charge in [-0.05, 0) is 61.4 Å². The third-order valence-corrected chi connectivity index (χ3v) is 6.95. The number of pyridine rings is 1. The molecule has 3 amide bonds. The second-order valence-electron chi connectivity index (χ2n) is 8.66. The molecule has 1 aliphatic rings. The lowest BCUT2D eigenvalue weighted by atomic mass is 10.2. The van der Waals surface area contributed by atoms with E-state index in [0.717, 1.165) is 31.0 Å². The first-order valence-corrected chi connectivity index (χ1v) is 12.9. The van der Waals surface area contributed by atoms with Crippen molar-refractivity contribution in [2.75, 3.05) is 34.2 Å². The van der Waals surface area contributed by atoms with E-state index in [2.05, 4.69) is 20.9 Å². The van der Waals surface area contributed by atoms with Crippen molar-refractivity contribution < 1.29 is 27.2 Å². The zero-order chi connectivity index (χ0) is 28.3. The van der Waals surface area contributed by atoms with Crippen LogP contribution in [0.4, 0.5) is 50.9 Å². The fourth-order valence-corrected chi connectivity index (χ4v) is 4.40. The number of benzene rings is 2. The molecular formula is C25H23ClF4N6O2S. The molecule has 2 aromatic carbocycles. The summed E-state index contributed by atoms with van der Waals surface area (Å²) in [4.78, 5) is 30.5. The van der Waals surface area contributed by atoms with E-state index in [1.54, 1.807) is 24.1 Å². The molecule has 4 rings (SSSR count). The van der Waals surface area contributed by atoms with Gasteiger partial charge in [0.05, 0.1) is 33.5 Å². The van der Waals surface area contributed by atoms with E-state index in [1.807, 2.05) is 0 Å². The van der Waals surface area contributed by atoms with Crippen LogP contribution < -0.4 is 26.6 Å². The van der Waals surface area contributed by atoms with Crippen LogP contribution in [0.2, 0.25) is 5.02 Å². The van der Waals surface area contributed by atoms with Gasteiger partial charge in [0.2, 0.25) is 5.91 Å². The molecule has 206 valence electrons. The number of carbonyl (C=O) groups excluding carboxylic acids is 2. The molecule has 0 radical (unpaired) electrons. The van der Waals surface area contributed by atoms with Crippen molar-refractivity contribution in [3.05, 3.63) is 64.9 Å². The molecule has 0 aliphatic heterocycles. The summed E-state index contributed by atoms with van der Waals surface area (Å²) in [5.41, 5.74) is 5.69. The number of rotatable bonds is 8. The van der Waals surface area contributed by atoms with Gasteiger partial charge in [-0.15, -0.1) is 0 Å². The molecule has 0 spiro atoms. The molecule has 1 aromatic heterocycles. The first-order chi connectivity index (χ1) is 18.4. The number of carbonyl (C=O) groups is 2. The molecule has 8 nitrogen and oxygen atoms in total. The monoisotopic (exact) mass is 582 g/mol. The Morgan fingerprint density at radius 2 is 1.82 bits per heavy atom. The number of nitrogens with one attached hydrogen (secondary N) is 3. The predicted molar refractivity (Wildman–Crippen MR) is 144 cm³/mol. The van der Waals surface area contributed by atoms with Gasteiger partial charge < -0.3 is 26.6 Å². The van der Waals surface area contributed by atoms with E-state index >= 15 is 0 Å². The average molecular weight is 583 g/mol. The van der Waals surface area contributed by atoms with Crippen LogP contribution >= 0.6 is 23.4 Å².